The number of halogens is 1. The van der Waals surface area contributed by atoms with Gasteiger partial charge in [-0.05, 0) is 67.3 Å². The van der Waals surface area contributed by atoms with Gasteiger partial charge in [-0.3, -0.25) is 4.98 Å². The lowest BCUT2D eigenvalue weighted by molar-refractivity contribution is 0.161. The summed E-state index contributed by atoms with van der Waals surface area (Å²) in [6.07, 6.45) is 6.25. The second kappa shape index (κ2) is 6.64. The Labute approximate surface area is 118 Å². The van der Waals surface area contributed by atoms with Crippen molar-refractivity contribution in [3.05, 3.63) is 28.5 Å². The summed E-state index contributed by atoms with van der Waals surface area (Å²) >= 11 is 3.45. The molecule has 2 heterocycles. The Kier molecular flexibility index (Phi) is 5.15. The number of hydrogen-bond donors (Lipinski definition) is 1. The molecule has 3 nitrogen and oxygen atoms in total. The summed E-state index contributed by atoms with van der Waals surface area (Å²) in [6, 6.07) is 3.46. The predicted molar refractivity (Wildman–Crippen MR) is 78.5 cm³/mol. The molecule has 0 unspecified atom stereocenters. The van der Waals surface area contributed by atoms with E-state index in [0.717, 1.165) is 11.0 Å². The summed E-state index contributed by atoms with van der Waals surface area (Å²) in [4.78, 5) is 6.74. The molecule has 4 heteroatoms. The largest absolute Gasteiger partial charge is 0.310 e. The summed E-state index contributed by atoms with van der Waals surface area (Å²) in [5.41, 5.74) is 1.25. The summed E-state index contributed by atoms with van der Waals surface area (Å²) in [5.74, 6) is 0. The van der Waals surface area contributed by atoms with Crippen LogP contribution in [0.25, 0.3) is 0 Å². The van der Waals surface area contributed by atoms with Crippen LogP contribution >= 0.6 is 15.9 Å². The maximum Gasteiger partial charge on any atom is 0.0410 e. The highest BCUT2D eigenvalue weighted by atomic mass is 79.9. The van der Waals surface area contributed by atoms with Crippen LogP contribution in [0.2, 0.25) is 0 Å². The van der Waals surface area contributed by atoms with Gasteiger partial charge in [-0.1, -0.05) is 0 Å². The van der Waals surface area contributed by atoms with Gasteiger partial charge in [-0.15, -0.1) is 0 Å². The van der Waals surface area contributed by atoms with E-state index in [1.165, 1.54) is 31.5 Å². The lowest BCUT2D eigenvalue weighted by Gasteiger charge is -2.35. The molecule has 0 radical (unpaired) electrons. The van der Waals surface area contributed by atoms with Gasteiger partial charge in [0.25, 0.3) is 0 Å². The molecule has 1 fully saturated rings. The van der Waals surface area contributed by atoms with E-state index >= 15 is 0 Å². The molecule has 0 saturated carbocycles. The topological polar surface area (TPSA) is 28.2 Å². The van der Waals surface area contributed by atoms with E-state index in [-0.39, 0.29) is 0 Å². The summed E-state index contributed by atoms with van der Waals surface area (Å²) in [7, 11) is 0. The van der Waals surface area contributed by atoms with Crippen molar-refractivity contribution in [2.45, 2.75) is 45.3 Å². The van der Waals surface area contributed by atoms with Crippen LogP contribution in [0.1, 0.15) is 32.3 Å². The summed E-state index contributed by atoms with van der Waals surface area (Å²) in [5, 5.41) is 3.64. The van der Waals surface area contributed by atoms with Crippen LogP contribution < -0.4 is 5.32 Å². The molecule has 1 N–H and O–H groups in total. The van der Waals surface area contributed by atoms with Crippen LogP contribution in [-0.4, -0.2) is 35.1 Å². The van der Waals surface area contributed by atoms with Gasteiger partial charge in [0.2, 0.25) is 0 Å². The maximum absolute atomic E-state index is 4.19. The molecule has 1 saturated heterocycles. The molecule has 0 spiro atoms. The first-order chi connectivity index (χ1) is 8.65. The summed E-state index contributed by atoms with van der Waals surface area (Å²) in [6.45, 7) is 7.90. The molecule has 100 valence electrons. The molecule has 0 atom stereocenters. The van der Waals surface area contributed by atoms with E-state index < -0.39 is 0 Å². The Balaban J connectivity index is 1.75. The fourth-order valence-electron chi connectivity index (χ4n) is 2.43. The Morgan fingerprint density at radius 3 is 2.72 bits per heavy atom. The minimum absolute atomic E-state index is 0.652. The fraction of sp³-hybridized carbons (Fsp3) is 0.643. The highest BCUT2D eigenvalue weighted by Crippen LogP contribution is 2.14. The van der Waals surface area contributed by atoms with Gasteiger partial charge in [0, 0.05) is 35.5 Å². The quantitative estimate of drug-likeness (QED) is 0.927. The van der Waals surface area contributed by atoms with E-state index in [2.05, 4.69) is 51.0 Å². The van der Waals surface area contributed by atoms with Crippen molar-refractivity contribution in [2.24, 2.45) is 0 Å². The average Bonchev–Trinajstić information content (AvgIpc) is 2.37. The summed E-state index contributed by atoms with van der Waals surface area (Å²) < 4.78 is 1.05. The first-order valence-electron chi connectivity index (χ1n) is 6.72. The van der Waals surface area contributed by atoms with E-state index in [1.54, 1.807) is 0 Å². The number of hydrogen-bond acceptors (Lipinski definition) is 3. The second-order valence-electron chi connectivity index (χ2n) is 5.30. The van der Waals surface area contributed by atoms with Gasteiger partial charge in [0.15, 0.2) is 0 Å². The SMILES string of the molecule is CC(C)N1CCC(NCc2cncc(Br)c2)CC1. The molecule has 1 aliphatic rings. The van der Waals surface area contributed by atoms with Crippen LogP contribution in [0, 0.1) is 0 Å². The van der Waals surface area contributed by atoms with Crippen molar-refractivity contribution in [1.82, 2.24) is 15.2 Å². The number of likely N-dealkylation sites (tertiary alicyclic amines) is 1. The van der Waals surface area contributed by atoms with Crippen molar-refractivity contribution in [2.75, 3.05) is 13.1 Å². The molecule has 0 amide bonds. The van der Waals surface area contributed by atoms with Crippen LogP contribution in [0.4, 0.5) is 0 Å². The van der Waals surface area contributed by atoms with Crippen LogP contribution in [-0.2, 0) is 6.54 Å². The Morgan fingerprint density at radius 1 is 1.39 bits per heavy atom. The molecule has 1 aromatic heterocycles. The van der Waals surface area contributed by atoms with E-state index in [4.69, 9.17) is 0 Å². The third-order valence-corrected chi connectivity index (χ3v) is 4.05. The predicted octanol–water partition coefficient (Wildman–Crippen LogP) is 2.81. The number of nitrogens with one attached hydrogen (secondary N) is 1. The van der Waals surface area contributed by atoms with Gasteiger partial charge in [-0.2, -0.15) is 0 Å². The van der Waals surface area contributed by atoms with Crippen molar-refractivity contribution in [3.63, 3.8) is 0 Å². The molecular formula is C14H22BrN3. The highest BCUT2D eigenvalue weighted by Gasteiger charge is 2.20. The monoisotopic (exact) mass is 311 g/mol. The standard InChI is InChI=1S/C14H22BrN3/c1-11(2)18-5-3-14(4-6-18)17-9-12-7-13(15)10-16-8-12/h7-8,10-11,14,17H,3-6,9H2,1-2H3. The lowest BCUT2D eigenvalue weighted by atomic mass is 10.0. The highest BCUT2D eigenvalue weighted by molar-refractivity contribution is 9.10. The first-order valence-corrected chi connectivity index (χ1v) is 7.51. The zero-order chi connectivity index (χ0) is 13.0. The Hall–Kier alpha value is -0.450. The Bertz CT molecular complexity index is 373. The minimum Gasteiger partial charge on any atom is -0.310 e. The molecule has 1 aliphatic heterocycles. The molecule has 0 aromatic carbocycles. The zero-order valence-electron chi connectivity index (χ0n) is 11.2. The average molecular weight is 312 g/mol. The number of piperidine rings is 1. The van der Waals surface area contributed by atoms with Crippen molar-refractivity contribution in [1.29, 1.82) is 0 Å². The van der Waals surface area contributed by atoms with Gasteiger partial charge < -0.3 is 10.2 Å². The normalized spacial score (nSPS) is 18.4. The van der Waals surface area contributed by atoms with Gasteiger partial charge in [-0.25, -0.2) is 0 Å². The van der Waals surface area contributed by atoms with Crippen molar-refractivity contribution < 1.29 is 0 Å². The molecule has 18 heavy (non-hydrogen) atoms. The van der Waals surface area contributed by atoms with Crippen LogP contribution in [0.3, 0.4) is 0 Å². The molecule has 2 rings (SSSR count). The Morgan fingerprint density at radius 2 is 2.11 bits per heavy atom. The molecule has 1 aromatic rings. The smallest absolute Gasteiger partial charge is 0.0410 e. The third-order valence-electron chi connectivity index (χ3n) is 3.62. The third kappa shape index (κ3) is 4.04. The van der Waals surface area contributed by atoms with E-state index in [9.17, 15) is 0 Å². The molecule has 0 aliphatic carbocycles. The van der Waals surface area contributed by atoms with Crippen LogP contribution in [0.5, 0.6) is 0 Å². The van der Waals surface area contributed by atoms with Gasteiger partial charge in [0.1, 0.15) is 0 Å². The van der Waals surface area contributed by atoms with Crippen LogP contribution in [0.15, 0.2) is 22.9 Å². The minimum atomic E-state index is 0.652. The van der Waals surface area contributed by atoms with E-state index in [0.29, 0.717) is 12.1 Å². The first kappa shape index (κ1) is 14.0. The van der Waals surface area contributed by atoms with Crippen molar-refractivity contribution in [3.8, 4) is 0 Å². The maximum atomic E-state index is 4.19. The van der Waals surface area contributed by atoms with Gasteiger partial charge >= 0.3 is 0 Å². The zero-order valence-corrected chi connectivity index (χ0v) is 12.8. The lowest BCUT2D eigenvalue weighted by Crippen LogP contribution is -2.44. The van der Waals surface area contributed by atoms with E-state index in [1.807, 2.05) is 12.4 Å². The molecular weight excluding hydrogens is 290 g/mol. The molecule has 0 bridgehead atoms. The second-order valence-corrected chi connectivity index (χ2v) is 6.21. The van der Waals surface area contributed by atoms with Crippen molar-refractivity contribution >= 4 is 15.9 Å². The number of pyridine rings is 1. The number of aromatic nitrogens is 1. The fourth-order valence-corrected chi connectivity index (χ4v) is 2.85. The number of rotatable bonds is 4. The van der Waals surface area contributed by atoms with Gasteiger partial charge in [0.05, 0.1) is 0 Å². The number of nitrogens with zero attached hydrogens (tertiary/aromatic N) is 2.